The van der Waals surface area contributed by atoms with Crippen molar-refractivity contribution in [2.75, 3.05) is 16.8 Å². The maximum absolute atomic E-state index is 11.2. The van der Waals surface area contributed by atoms with Crippen molar-refractivity contribution in [3.63, 3.8) is 0 Å². The standard InChI is InChI=1S/C8H11N3O3S/c12-8-2-1-7(10-11-8)9-6-3-4-15(13,14)5-6/h1-2,6H,3-5H2,(H,9,10)(H,11,12). The Kier molecular flexibility index (Phi) is 2.47. The number of aromatic nitrogens is 2. The number of aromatic amines is 1. The Labute approximate surface area is 86.6 Å². The van der Waals surface area contributed by atoms with Gasteiger partial charge in [0, 0.05) is 12.1 Å². The summed E-state index contributed by atoms with van der Waals surface area (Å²) in [5.41, 5.74) is -0.278. The minimum atomic E-state index is -2.89. The molecule has 82 valence electrons. The predicted molar refractivity (Wildman–Crippen MR) is 55.5 cm³/mol. The lowest BCUT2D eigenvalue weighted by atomic mass is 10.2. The summed E-state index contributed by atoms with van der Waals surface area (Å²) in [6, 6.07) is 2.77. The zero-order valence-corrected chi connectivity index (χ0v) is 8.75. The average Bonchev–Trinajstić information content (AvgIpc) is 2.50. The fourth-order valence-corrected chi connectivity index (χ4v) is 3.22. The van der Waals surface area contributed by atoms with E-state index in [0.29, 0.717) is 12.2 Å². The topological polar surface area (TPSA) is 91.9 Å². The Bertz CT molecular complexity index is 488. The molecule has 0 aromatic carbocycles. The van der Waals surface area contributed by atoms with Gasteiger partial charge in [0.2, 0.25) is 0 Å². The molecule has 15 heavy (non-hydrogen) atoms. The smallest absolute Gasteiger partial charge is 0.264 e. The summed E-state index contributed by atoms with van der Waals surface area (Å²) >= 11 is 0. The van der Waals surface area contributed by atoms with Crippen LogP contribution in [-0.2, 0) is 9.84 Å². The second-order valence-corrected chi connectivity index (χ2v) is 5.78. The maximum atomic E-state index is 11.2. The van der Waals surface area contributed by atoms with E-state index in [0.717, 1.165) is 0 Å². The normalized spacial score (nSPS) is 23.9. The van der Waals surface area contributed by atoms with E-state index in [-0.39, 0.29) is 23.1 Å². The monoisotopic (exact) mass is 229 g/mol. The fourth-order valence-electron chi connectivity index (χ4n) is 1.54. The molecule has 0 saturated carbocycles. The Hall–Kier alpha value is -1.37. The van der Waals surface area contributed by atoms with Crippen LogP contribution in [0.1, 0.15) is 6.42 Å². The molecule has 0 bridgehead atoms. The van der Waals surface area contributed by atoms with Gasteiger partial charge in [-0.05, 0) is 12.5 Å². The van der Waals surface area contributed by atoms with Crippen LogP contribution in [0.4, 0.5) is 5.82 Å². The molecular formula is C8H11N3O3S. The first-order valence-electron chi connectivity index (χ1n) is 4.58. The van der Waals surface area contributed by atoms with E-state index >= 15 is 0 Å². The highest BCUT2D eigenvalue weighted by atomic mass is 32.2. The van der Waals surface area contributed by atoms with E-state index < -0.39 is 9.84 Å². The summed E-state index contributed by atoms with van der Waals surface area (Å²) < 4.78 is 22.3. The molecule has 2 N–H and O–H groups in total. The van der Waals surface area contributed by atoms with Crippen LogP contribution in [0.25, 0.3) is 0 Å². The van der Waals surface area contributed by atoms with Crippen LogP contribution in [0, 0.1) is 0 Å². The Morgan fingerprint density at radius 1 is 1.47 bits per heavy atom. The number of H-pyrrole nitrogens is 1. The van der Waals surface area contributed by atoms with Crippen LogP contribution in [0.2, 0.25) is 0 Å². The molecular weight excluding hydrogens is 218 g/mol. The van der Waals surface area contributed by atoms with E-state index in [1.54, 1.807) is 0 Å². The lowest BCUT2D eigenvalue weighted by Crippen LogP contribution is -2.22. The SMILES string of the molecule is O=c1ccc(NC2CCS(=O)(=O)C2)n[nH]1. The maximum Gasteiger partial charge on any atom is 0.264 e. The quantitative estimate of drug-likeness (QED) is 0.704. The van der Waals surface area contributed by atoms with Gasteiger partial charge in [-0.3, -0.25) is 4.79 Å². The summed E-state index contributed by atoms with van der Waals surface area (Å²) in [7, 11) is -2.89. The van der Waals surface area contributed by atoms with Crippen molar-refractivity contribution in [2.45, 2.75) is 12.5 Å². The van der Waals surface area contributed by atoms with Crippen molar-refractivity contribution >= 4 is 15.7 Å². The van der Waals surface area contributed by atoms with Crippen LogP contribution in [-0.4, -0.2) is 36.2 Å². The molecule has 1 fully saturated rings. The van der Waals surface area contributed by atoms with E-state index in [9.17, 15) is 13.2 Å². The molecule has 0 spiro atoms. The zero-order valence-electron chi connectivity index (χ0n) is 7.93. The van der Waals surface area contributed by atoms with Crippen LogP contribution in [0.3, 0.4) is 0 Å². The second-order valence-electron chi connectivity index (χ2n) is 3.55. The molecule has 0 aliphatic carbocycles. The van der Waals surface area contributed by atoms with Gasteiger partial charge >= 0.3 is 0 Å². The first kappa shape index (κ1) is 10.2. The van der Waals surface area contributed by atoms with Gasteiger partial charge in [-0.2, -0.15) is 5.10 Å². The van der Waals surface area contributed by atoms with Crippen LogP contribution in [0.15, 0.2) is 16.9 Å². The third kappa shape index (κ3) is 2.56. The van der Waals surface area contributed by atoms with Crippen LogP contribution < -0.4 is 10.9 Å². The van der Waals surface area contributed by atoms with Gasteiger partial charge in [0.25, 0.3) is 5.56 Å². The van der Waals surface area contributed by atoms with Crippen molar-refractivity contribution in [1.82, 2.24) is 10.2 Å². The molecule has 0 amide bonds. The van der Waals surface area contributed by atoms with Crippen molar-refractivity contribution in [1.29, 1.82) is 0 Å². The number of rotatable bonds is 2. The molecule has 6 nitrogen and oxygen atoms in total. The lowest BCUT2D eigenvalue weighted by Gasteiger charge is -2.09. The molecule has 7 heteroatoms. The molecule has 2 heterocycles. The summed E-state index contributed by atoms with van der Waals surface area (Å²) in [5, 5.41) is 8.99. The summed E-state index contributed by atoms with van der Waals surface area (Å²) in [5.74, 6) is 0.846. The van der Waals surface area contributed by atoms with Crippen LogP contribution >= 0.6 is 0 Å². The third-order valence-electron chi connectivity index (χ3n) is 2.26. The first-order valence-corrected chi connectivity index (χ1v) is 6.40. The van der Waals surface area contributed by atoms with Gasteiger partial charge in [0.15, 0.2) is 9.84 Å². The predicted octanol–water partition coefficient (Wildman–Crippen LogP) is -0.631. The number of hydrogen-bond donors (Lipinski definition) is 2. The minimum absolute atomic E-state index is 0.103. The number of nitrogens with zero attached hydrogens (tertiary/aromatic N) is 1. The van der Waals surface area contributed by atoms with Gasteiger partial charge in [-0.1, -0.05) is 0 Å². The number of anilines is 1. The number of hydrogen-bond acceptors (Lipinski definition) is 5. The minimum Gasteiger partial charge on any atom is -0.365 e. The molecule has 2 rings (SSSR count). The first-order chi connectivity index (χ1) is 7.05. The van der Waals surface area contributed by atoms with E-state index in [1.165, 1.54) is 12.1 Å². The van der Waals surface area contributed by atoms with E-state index in [2.05, 4.69) is 15.5 Å². The highest BCUT2D eigenvalue weighted by molar-refractivity contribution is 7.91. The Morgan fingerprint density at radius 3 is 2.80 bits per heavy atom. The number of nitrogens with one attached hydrogen (secondary N) is 2. The number of sulfone groups is 1. The van der Waals surface area contributed by atoms with Crippen molar-refractivity contribution in [3.05, 3.63) is 22.5 Å². The molecule has 1 atom stereocenters. The lowest BCUT2D eigenvalue weighted by molar-refractivity contribution is 0.602. The van der Waals surface area contributed by atoms with Gasteiger partial charge in [0.1, 0.15) is 5.82 Å². The highest BCUT2D eigenvalue weighted by Crippen LogP contribution is 2.14. The molecule has 0 radical (unpaired) electrons. The average molecular weight is 229 g/mol. The molecule has 1 aliphatic rings. The molecule has 1 aliphatic heterocycles. The van der Waals surface area contributed by atoms with Crippen molar-refractivity contribution in [3.8, 4) is 0 Å². The molecule has 1 saturated heterocycles. The van der Waals surface area contributed by atoms with Gasteiger partial charge in [-0.25, -0.2) is 13.5 Å². The summed E-state index contributed by atoms with van der Waals surface area (Å²) in [6.45, 7) is 0. The van der Waals surface area contributed by atoms with E-state index in [4.69, 9.17) is 0 Å². The second kappa shape index (κ2) is 3.65. The van der Waals surface area contributed by atoms with Crippen molar-refractivity contribution < 1.29 is 8.42 Å². The van der Waals surface area contributed by atoms with Gasteiger partial charge < -0.3 is 5.32 Å². The summed E-state index contributed by atoms with van der Waals surface area (Å²) in [6.07, 6.45) is 0.586. The fraction of sp³-hybridized carbons (Fsp3) is 0.500. The van der Waals surface area contributed by atoms with Gasteiger partial charge in [0.05, 0.1) is 11.5 Å². The van der Waals surface area contributed by atoms with Crippen molar-refractivity contribution in [2.24, 2.45) is 0 Å². The zero-order chi connectivity index (χ0) is 10.9. The van der Waals surface area contributed by atoms with Crippen LogP contribution in [0.5, 0.6) is 0 Å². The molecule has 1 unspecified atom stereocenters. The highest BCUT2D eigenvalue weighted by Gasteiger charge is 2.27. The largest absolute Gasteiger partial charge is 0.365 e. The Morgan fingerprint density at radius 2 is 2.27 bits per heavy atom. The summed E-state index contributed by atoms with van der Waals surface area (Å²) in [4.78, 5) is 10.7. The molecule has 1 aromatic heterocycles. The van der Waals surface area contributed by atoms with E-state index in [1.807, 2.05) is 0 Å². The van der Waals surface area contributed by atoms with Gasteiger partial charge in [-0.15, -0.1) is 0 Å². The molecule has 1 aromatic rings. The Balaban J connectivity index is 2.05. The third-order valence-corrected chi connectivity index (χ3v) is 4.03.